The molecule has 0 amide bonds. The van der Waals surface area contributed by atoms with Crippen molar-refractivity contribution >= 4 is 0 Å². The highest BCUT2D eigenvalue weighted by Crippen LogP contribution is 2.28. The first-order valence-corrected chi connectivity index (χ1v) is 6.38. The first-order valence-electron chi connectivity index (χ1n) is 6.38. The second kappa shape index (κ2) is 5.71. The van der Waals surface area contributed by atoms with E-state index >= 15 is 0 Å². The van der Waals surface area contributed by atoms with Gasteiger partial charge in [-0.2, -0.15) is 0 Å². The third-order valence-corrected chi connectivity index (χ3v) is 2.98. The minimum atomic E-state index is 0.699. The molecule has 0 aliphatic rings. The summed E-state index contributed by atoms with van der Waals surface area (Å²) in [6.07, 6.45) is 4.03. The Balaban J connectivity index is 2.18. The predicted octanol–water partition coefficient (Wildman–Crippen LogP) is 3.67. The number of aromatic nitrogens is 2. The average molecular weight is 244 g/mol. The van der Waals surface area contributed by atoms with Gasteiger partial charge in [0, 0.05) is 12.0 Å². The van der Waals surface area contributed by atoms with Crippen molar-refractivity contribution in [2.75, 3.05) is 7.11 Å². The van der Waals surface area contributed by atoms with E-state index in [4.69, 9.17) is 4.74 Å². The summed E-state index contributed by atoms with van der Waals surface area (Å²) in [5.74, 6) is 2.62. The molecule has 3 heteroatoms. The molecule has 0 bridgehead atoms. The topological polar surface area (TPSA) is 37.9 Å². The Morgan fingerprint density at radius 3 is 2.78 bits per heavy atom. The molecule has 1 aromatic heterocycles. The van der Waals surface area contributed by atoms with Crippen molar-refractivity contribution < 1.29 is 4.74 Å². The van der Waals surface area contributed by atoms with Gasteiger partial charge in [-0.05, 0) is 24.5 Å². The first-order chi connectivity index (χ1) is 8.70. The largest absolute Gasteiger partial charge is 0.496 e. The van der Waals surface area contributed by atoms with E-state index in [1.807, 2.05) is 30.5 Å². The summed E-state index contributed by atoms with van der Waals surface area (Å²) < 4.78 is 5.36. The van der Waals surface area contributed by atoms with Crippen molar-refractivity contribution in [1.29, 1.82) is 0 Å². The lowest BCUT2D eigenvalue weighted by Gasteiger charge is -2.05. The first kappa shape index (κ1) is 12.7. The monoisotopic (exact) mass is 244 g/mol. The van der Waals surface area contributed by atoms with E-state index < -0.39 is 0 Å². The number of nitrogens with zero attached hydrogens (tertiary/aromatic N) is 1. The highest BCUT2D eigenvalue weighted by atomic mass is 16.5. The molecule has 0 saturated carbocycles. The summed E-state index contributed by atoms with van der Waals surface area (Å²) in [6.45, 7) is 4.45. The van der Waals surface area contributed by atoms with E-state index in [0.29, 0.717) is 5.92 Å². The molecule has 0 fully saturated rings. The Morgan fingerprint density at radius 1 is 1.28 bits per heavy atom. The maximum atomic E-state index is 5.36. The fourth-order valence-corrected chi connectivity index (χ4v) is 1.92. The Morgan fingerprint density at radius 2 is 2.06 bits per heavy atom. The fourth-order valence-electron chi connectivity index (χ4n) is 1.92. The van der Waals surface area contributed by atoms with Crippen LogP contribution in [0.25, 0.3) is 11.3 Å². The standard InChI is InChI=1S/C15H20N2O/c1-11(2)8-9-15-16-10-13(17-15)12-6-4-5-7-14(12)18-3/h4-7,10-11H,8-9H2,1-3H3,(H,16,17). The van der Waals surface area contributed by atoms with Gasteiger partial charge in [0.25, 0.3) is 0 Å². The molecule has 96 valence electrons. The number of imidazole rings is 1. The van der Waals surface area contributed by atoms with Crippen LogP contribution in [0, 0.1) is 5.92 Å². The fraction of sp³-hybridized carbons (Fsp3) is 0.400. The Kier molecular flexibility index (Phi) is 4.03. The number of hydrogen-bond acceptors (Lipinski definition) is 2. The Labute approximate surface area is 108 Å². The highest BCUT2D eigenvalue weighted by molar-refractivity contribution is 5.66. The summed E-state index contributed by atoms with van der Waals surface area (Å²) in [5.41, 5.74) is 2.08. The van der Waals surface area contributed by atoms with Gasteiger partial charge in [0.05, 0.1) is 19.0 Å². The van der Waals surface area contributed by atoms with Gasteiger partial charge >= 0.3 is 0 Å². The zero-order valence-corrected chi connectivity index (χ0v) is 11.2. The number of methoxy groups -OCH3 is 1. The molecule has 3 nitrogen and oxygen atoms in total. The van der Waals surface area contributed by atoms with Crippen LogP contribution in [0.1, 0.15) is 26.1 Å². The SMILES string of the molecule is COc1ccccc1-c1cnc(CCC(C)C)[nH]1. The van der Waals surface area contributed by atoms with Crippen LogP contribution < -0.4 is 4.74 Å². The molecule has 2 rings (SSSR count). The highest BCUT2D eigenvalue weighted by Gasteiger charge is 2.08. The molecule has 0 aliphatic heterocycles. The van der Waals surface area contributed by atoms with Crippen molar-refractivity contribution in [3.63, 3.8) is 0 Å². The second-order valence-corrected chi connectivity index (χ2v) is 4.88. The lowest BCUT2D eigenvalue weighted by molar-refractivity contribution is 0.416. The molecule has 0 unspecified atom stereocenters. The number of nitrogens with one attached hydrogen (secondary N) is 1. The third-order valence-electron chi connectivity index (χ3n) is 2.98. The van der Waals surface area contributed by atoms with Gasteiger partial charge in [0.15, 0.2) is 0 Å². The van der Waals surface area contributed by atoms with Gasteiger partial charge in [-0.3, -0.25) is 0 Å². The number of aryl methyl sites for hydroxylation is 1. The van der Waals surface area contributed by atoms with Crippen LogP contribution >= 0.6 is 0 Å². The van der Waals surface area contributed by atoms with Gasteiger partial charge in [0.1, 0.15) is 11.6 Å². The maximum Gasteiger partial charge on any atom is 0.128 e. The second-order valence-electron chi connectivity index (χ2n) is 4.88. The molecule has 0 atom stereocenters. The van der Waals surface area contributed by atoms with Gasteiger partial charge in [-0.15, -0.1) is 0 Å². The van der Waals surface area contributed by atoms with Crippen molar-refractivity contribution in [2.45, 2.75) is 26.7 Å². The average Bonchev–Trinajstić information content (AvgIpc) is 2.85. The van der Waals surface area contributed by atoms with Gasteiger partial charge in [-0.1, -0.05) is 26.0 Å². The molecule has 1 heterocycles. The van der Waals surface area contributed by atoms with Crippen LogP contribution in [0.2, 0.25) is 0 Å². The van der Waals surface area contributed by atoms with Crippen LogP contribution in [-0.2, 0) is 6.42 Å². The zero-order valence-electron chi connectivity index (χ0n) is 11.2. The summed E-state index contributed by atoms with van der Waals surface area (Å²) >= 11 is 0. The van der Waals surface area contributed by atoms with E-state index in [1.165, 1.54) is 0 Å². The van der Waals surface area contributed by atoms with Crippen molar-refractivity contribution in [3.8, 4) is 17.0 Å². The van der Waals surface area contributed by atoms with Gasteiger partial charge < -0.3 is 9.72 Å². The summed E-state index contributed by atoms with van der Waals surface area (Å²) in [5, 5.41) is 0. The zero-order chi connectivity index (χ0) is 13.0. The smallest absolute Gasteiger partial charge is 0.128 e. The molecular weight excluding hydrogens is 224 g/mol. The molecule has 0 aliphatic carbocycles. The number of aromatic amines is 1. The van der Waals surface area contributed by atoms with Crippen LogP contribution in [-0.4, -0.2) is 17.1 Å². The number of benzene rings is 1. The molecule has 0 saturated heterocycles. The quantitative estimate of drug-likeness (QED) is 0.871. The van der Waals surface area contributed by atoms with Crippen molar-refractivity contribution in [1.82, 2.24) is 9.97 Å². The van der Waals surface area contributed by atoms with Crippen molar-refractivity contribution in [2.24, 2.45) is 5.92 Å². The molecular formula is C15H20N2O. The normalized spacial score (nSPS) is 10.9. The number of H-pyrrole nitrogens is 1. The molecule has 18 heavy (non-hydrogen) atoms. The van der Waals surface area contributed by atoms with Crippen LogP contribution in [0.15, 0.2) is 30.5 Å². The summed E-state index contributed by atoms with van der Waals surface area (Å²) in [4.78, 5) is 7.80. The molecule has 1 aromatic carbocycles. The van der Waals surface area contributed by atoms with Crippen LogP contribution in [0.3, 0.4) is 0 Å². The molecule has 2 aromatic rings. The Hall–Kier alpha value is -1.77. The molecule has 1 N–H and O–H groups in total. The van der Waals surface area contributed by atoms with Crippen LogP contribution in [0.4, 0.5) is 0 Å². The summed E-state index contributed by atoms with van der Waals surface area (Å²) in [7, 11) is 1.69. The predicted molar refractivity (Wildman–Crippen MR) is 73.7 cm³/mol. The summed E-state index contributed by atoms with van der Waals surface area (Å²) in [6, 6.07) is 7.98. The van der Waals surface area contributed by atoms with Gasteiger partial charge in [0.2, 0.25) is 0 Å². The van der Waals surface area contributed by atoms with Gasteiger partial charge in [-0.25, -0.2) is 4.98 Å². The van der Waals surface area contributed by atoms with E-state index in [9.17, 15) is 0 Å². The minimum absolute atomic E-state index is 0.699. The van der Waals surface area contributed by atoms with Crippen molar-refractivity contribution in [3.05, 3.63) is 36.3 Å². The minimum Gasteiger partial charge on any atom is -0.496 e. The number of ether oxygens (including phenoxy) is 1. The van der Waals surface area contributed by atoms with E-state index in [2.05, 4.69) is 23.8 Å². The number of rotatable bonds is 5. The van der Waals surface area contributed by atoms with E-state index in [1.54, 1.807) is 7.11 Å². The number of hydrogen-bond donors (Lipinski definition) is 1. The Bertz CT molecular complexity index is 503. The van der Waals surface area contributed by atoms with E-state index in [-0.39, 0.29) is 0 Å². The van der Waals surface area contributed by atoms with Crippen LogP contribution in [0.5, 0.6) is 5.75 Å². The third kappa shape index (κ3) is 2.92. The maximum absolute atomic E-state index is 5.36. The number of para-hydroxylation sites is 1. The van der Waals surface area contributed by atoms with E-state index in [0.717, 1.165) is 35.7 Å². The molecule has 0 spiro atoms. The molecule has 0 radical (unpaired) electrons. The lowest BCUT2D eigenvalue weighted by atomic mass is 10.1. The lowest BCUT2D eigenvalue weighted by Crippen LogP contribution is -1.94.